The van der Waals surface area contributed by atoms with Gasteiger partial charge in [-0.3, -0.25) is 0 Å². The van der Waals surface area contributed by atoms with Gasteiger partial charge in [0.2, 0.25) is 0 Å². The highest BCUT2D eigenvalue weighted by molar-refractivity contribution is 5.86. The fourth-order valence-electron chi connectivity index (χ4n) is 2.55. The van der Waals surface area contributed by atoms with Gasteiger partial charge >= 0.3 is 12.0 Å². The number of carboxylic acid groups (broad SMARTS) is 1. The second kappa shape index (κ2) is 6.78. The summed E-state index contributed by atoms with van der Waals surface area (Å²) in [5, 5.41) is 14.9. The third-order valence-corrected chi connectivity index (χ3v) is 4.29. The van der Waals surface area contributed by atoms with Crippen molar-refractivity contribution in [2.24, 2.45) is 5.92 Å². The average Bonchev–Trinajstić information content (AvgIpc) is 2.39. The first kappa shape index (κ1) is 15.8. The molecular formula is C14H26N2O3. The molecule has 5 nitrogen and oxygen atoms in total. The van der Waals surface area contributed by atoms with Gasteiger partial charge in [0.25, 0.3) is 0 Å². The quantitative estimate of drug-likeness (QED) is 0.718. The molecule has 1 saturated carbocycles. The molecule has 110 valence electrons. The predicted octanol–water partition coefficient (Wildman–Crippen LogP) is 2.51. The molecule has 0 aromatic carbocycles. The number of carbonyl (C=O) groups is 2. The van der Waals surface area contributed by atoms with Gasteiger partial charge < -0.3 is 15.7 Å². The summed E-state index contributed by atoms with van der Waals surface area (Å²) in [6, 6.07) is -0.315. The second-order valence-corrected chi connectivity index (χ2v) is 5.65. The Bertz CT molecular complexity index is 323. The van der Waals surface area contributed by atoms with Crippen LogP contribution in [0.25, 0.3) is 0 Å². The highest BCUT2D eigenvalue weighted by Crippen LogP contribution is 2.33. The molecule has 1 atom stereocenters. The molecule has 0 spiro atoms. The van der Waals surface area contributed by atoms with Crippen LogP contribution in [0.5, 0.6) is 0 Å². The van der Waals surface area contributed by atoms with Gasteiger partial charge in [0.1, 0.15) is 5.54 Å². The molecule has 0 aliphatic heterocycles. The molecule has 0 heterocycles. The highest BCUT2D eigenvalue weighted by Gasteiger charge is 2.43. The smallest absolute Gasteiger partial charge is 0.329 e. The summed E-state index contributed by atoms with van der Waals surface area (Å²) in [4.78, 5) is 23.4. The largest absolute Gasteiger partial charge is 0.480 e. The summed E-state index contributed by atoms with van der Waals surface area (Å²) < 4.78 is 0. The van der Waals surface area contributed by atoms with E-state index in [1.54, 1.807) is 0 Å². The van der Waals surface area contributed by atoms with Crippen molar-refractivity contribution in [2.45, 2.75) is 70.9 Å². The lowest BCUT2D eigenvalue weighted by molar-refractivity contribution is -0.146. The van der Waals surface area contributed by atoms with Gasteiger partial charge in [-0.1, -0.05) is 20.3 Å². The van der Waals surface area contributed by atoms with Crippen molar-refractivity contribution < 1.29 is 14.7 Å². The van der Waals surface area contributed by atoms with Gasteiger partial charge in [-0.25, -0.2) is 9.59 Å². The molecule has 0 aromatic rings. The standard InChI is InChI=1S/C14H26N2O3/c1-4-10(3)15-13(19)16-14(12(17)18)8-6-11(5-2)7-9-14/h10-11H,4-9H2,1-3H3,(H,17,18)(H2,15,16,19). The zero-order chi connectivity index (χ0) is 14.5. The van der Waals surface area contributed by atoms with Crippen molar-refractivity contribution in [2.75, 3.05) is 0 Å². The van der Waals surface area contributed by atoms with Crippen LogP contribution in [-0.4, -0.2) is 28.7 Å². The van der Waals surface area contributed by atoms with E-state index in [1.165, 1.54) is 0 Å². The first-order valence-corrected chi connectivity index (χ1v) is 7.25. The summed E-state index contributed by atoms with van der Waals surface area (Å²) in [5.41, 5.74) is -1.08. The fourth-order valence-corrected chi connectivity index (χ4v) is 2.55. The third-order valence-electron chi connectivity index (χ3n) is 4.29. The summed E-state index contributed by atoms with van der Waals surface area (Å²) >= 11 is 0. The van der Waals surface area contributed by atoms with Gasteiger partial charge in [0.15, 0.2) is 0 Å². The number of hydrogen-bond donors (Lipinski definition) is 3. The van der Waals surface area contributed by atoms with Crippen LogP contribution in [0.15, 0.2) is 0 Å². The molecule has 1 fully saturated rings. The number of amides is 2. The molecule has 1 aliphatic rings. The SMILES string of the molecule is CCC1CCC(NC(=O)NC(C)CC)(C(=O)O)CC1. The Morgan fingerprint density at radius 3 is 2.32 bits per heavy atom. The number of rotatable bonds is 5. The Morgan fingerprint density at radius 2 is 1.89 bits per heavy atom. The lowest BCUT2D eigenvalue weighted by Gasteiger charge is -2.37. The predicted molar refractivity (Wildman–Crippen MR) is 74.0 cm³/mol. The van der Waals surface area contributed by atoms with Crippen LogP contribution in [0.1, 0.15) is 59.3 Å². The number of nitrogens with one attached hydrogen (secondary N) is 2. The van der Waals surface area contributed by atoms with E-state index in [0.29, 0.717) is 18.8 Å². The van der Waals surface area contributed by atoms with Gasteiger partial charge in [-0.05, 0) is 44.9 Å². The van der Waals surface area contributed by atoms with E-state index in [1.807, 2.05) is 13.8 Å². The normalized spacial score (nSPS) is 28.5. The van der Waals surface area contributed by atoms with E-state index < -0.39 is 11.5 Å². The van der Waals surface area contributed by atoms with Gasteiger partial charge in [0.05, 0.1) is 0 Å². The van der Waals surface area contributed by atoms with Crippen LogP contribution >= 0.6 is 0 Å². The minimum atomic E-state index is -1.08. The van der Waals surface area contributed by atoms with Gasteiger partial charge in [0, 0.05) is 6.04 Å². The zero-order valence-corrected chi connectivity index (χ0v) is 12.2. The highest BCUT2D eigenvalue weighted by atomic mass is 16.4. The number of urea groups is 1. The topological polar surface area (TPSA) is 78.4 Å². The number of carboxylic acids is 1. The van der Waals surface area contributed by atoms with Crippen LogP contribution in [0.2, 0.25) is 0 Å². The molecule has 0 aromatic heterocycles. The maximum Gasteiger partial charge on any atom is 0.329 e. The van der Waals surface area contributed by atoms with E-state index in [9.17, 15) is 14.7 Å². The molecule has 0 bridgehead atoms. The summed E-state index contributed by atoms with van der Waals surface area (Å²) in [6.45, 7) is 6.01. The van der Waals surface area contributed by atoms with Crippen molar-refractivity contribution in [1.82, 2.24) is 10.6 Å². The lowest BCUT2D eigenvalue weighted by Crippen LogP contribution is -2.59. The maximum absolute atomic E-state index is 11.9. The van der Waals surface area contributed by atoms with Crippen LogP contribution in [-0.2, 0) is 4.79 Å². The van der Waals surface area contributed by atoms with E-state index >= 15 is 0 Å². The monoisotopic (exact) mass is 270 g/mol. The zero-order valence-electron chi connectivity index (χ0n) is 12.2. The first-order valence-electron chi connectivity index (χ1n) is 7.25. The van der Waals surface area contributed by atoms with Crippen molar-refractivity contribution in [1.29, 1.82) is 0 Å². The molecule has 3 N–H and O–H groups in total. The van der Waals surface area contributed by atoms with Crippen LogP contribution in [0, 0.1) is 5.92 Å². The number of hydrogen-bond acceptors (Lipinski definition) is 2. The number of carbonyl (C=O) groups excluding carboxylic acids is 1. The van der Waals surface area contributed by atoms with Gasteiger partial charge in [-0.15, -0.1) is 0 Å². The summed E-state index contributed by atoms with van der Waals surface area (Å²) in [7, 11) is 0. The molecule has 0 saturated heterocycles. The van der Waals surface area contributed by atoms with Crippen molar-refractivity contribution in [3.8, 4) is 0 Å². The van der Waals surface area contributed by atoms with E-state index in [2.05, 4.69) is 17.6 Å². The minimum Gasteiger partial charge on any atom is -0.480 e. The second-order valence-electron chi connectivity index (χ2n) is 5.65. The fraction of sp³-hybridized carbons (Fsp3) is 0.857. The molecule has 1 aliphatic carbocycles. The number of aliphatic carboxylic acids is 1. The third kappa shape index (κ3) is 4.11. The van der Waals surface area contributed by atoms with Crippen LogP contribution < -0.4 is 10.6 Å². The van der Waals surface area contributed by atoms with Gasteiger partial charge in [-0.2, -0.15) is 0 Å². The molecule has 1 rings (SSSR count). The first-order chi connectivity index (χ1) is 8.93. The Kier molecular flexibility index (Phi) is 5.63. The molecule has 2 amide bonds. The summed E-state index contributed by atoms with van der Waals surface area (Å²) in [6.07, 6.45) is 4.68. The van der Waals surface area contributed by atoms with E-state index in [-0.39, 0.29) is 12.1 Å². The Morgan fingerprint density at radius 1 is 1.32 bits per heavy atom. The van der Waals surface area contributed by atoms with Crippen LogP contribution in [0.4, 0.5) is 4.79 Å². The Hall–Kier alpha value is -1.26. The van der Waals surface area contributed by atoms with Crippen molar-refractivity contribution >= 4 is 12.0 Å². The lowest BCUT2D eigenvalue weighted by atomic mass is 9.75. The van der Waals surface area contributed by atoms with Crippen LogP contribution in [0.3, 0.4) is 0 Å². The molecule has 19 heavy (non-hydrogen) atoms. The molecular weight excluding hydrogens is 244 g/mol. The average molecular weight is 270 g/mol. The maximum atomic E-state index is 11.9. The van der Waals surface area contributed by atoms with Crippen molar-refractivity contribution in [3.05, 3.63) is 0 Å². The Labute approximate surface area is 115 Å². The molecule has 5 heteroatoms. The van der Waals surface area contributed by atoms with E-state index in [4.69, 9.17) is 0 Å². The van der Waals surface area contributed by atoms with Crippen molar-refractivity contribution in [3.63, 3.8) is 0 Å². The molecule has 1 unspecified atom stereocenters. The van der Waals surface area contributed by atoms with E-state index in [0.717, 1.165) is 25.7 Å². The summed E-state index contributed by atoms with van der Waals surface area (Å²) in [5.74, 6) is -0.326. The minimum absolute atomic E-state index is 0.0535. The Balaban J connectivity index is 2.63. The molecule has 0 radical (unpaired) electrons.